The van der Waals surface area contributed by atoms with Crippen LogP contribution in [0.1, 0.15) is 84.5 Å². The van der Waals surface area contributed by atoms with Crippen LogP contribution in [0.25, 0.3) is 0 Å². The molecule has 0 N–H and O–H groups in total. The van der Waals surface area contributed by atoms with Gasteiger partial charge in [-0.25, -0.2) is 0 Å². The molecule has 47 heavy (non-hydrogen) atoms. The van der Waals surface area contributed by atoms with Gasteiger partial charge >= 0.3 is 0 Å². The van der Waals surface area contributed by atoms with E-state index >= 15 is 0 Å². The fourth-order valence-electron chi connectivity index (χ4n) is 12.2. The second kappa shape index (κ2) is 11.0. The standard InChI is InChI=1S/C45H52N2/c1-45(2)39-17-9-6-14-33(39)34-23-22-32(28-40(34)45)47-42-19-11-8-16-36(42)38-27-30(21-25-44(38)47)29-20-24-43-37(26-29)35-15-7-10-18-41(35)46(43)31-12-4-3-5-13-31/h3-5,8,11-12,15-16,19-20,22,24-27,30-31,34,36-37,40-43H,6-7,9-10,13-14,17-18,21,23,28H2,1-2H3. The molecule has 0 aromatic heterocycles. The highest BCUT2D eigenvalue weighted by atomic mass is 15.2. The van der Waals surface area contributed by atoms with Gasteiger partial charge in [0.2, 0.25) is 0 Å². The van der Waals surface area contributed by atoms with E-state index in [1.807, 2.05) is 11.1 Å². The van der Waals surface area contributed by atoms with Crippen molar-refractivity contribution in [2.24, 2.45) is 35.0 Å². The number of fused-ring (bicyclic) bond motifs is 8. The van der Waals surface area contributed by atoms with Crippen molar-refractivity contribution in [1.82, 2.24) is 9.80 Å². The molecule has 2 fully saturated rings. The van der Waals surface area contributed by atoms with E-state index in [4.69, 9.17) is 0 Å². The summed E-state index contributed by atoms with van der Waals surface area (Å²) in [4.78, 5) is 5.67. The Labute approximate surface area is 283 Å². The number of rotatable bonds is 3. The number of likely N-dealkylation sites (tertiary alicyclic amines) is 2. The Bertz CT molecular complexity index is 1710. The van der Waals surface area contributed by atoms with E-state index in [0.29, 0.717) is 47.3 Å². The predicted molar refractivity (Wildman–Crippen MR) is 194 cm³/mol. The maximum atomic E-state index is 2.87. The van der Waals surface area contributed by atoms with Gasteiger partial charge in [-0.1, -0.05) is 116 Å². The van der Waals surface area contributed by atoms with Gasteiger partial charge in [-0.15, -0.1) is 0 Å². The zero-order chi connectivity index (χ0) is 31.3. The Morgan fingerprint density at radius 1 is 0.787 bits per heavy atom. The smallest absolute Gasteiger partial charge is 0.0626 e. The zero-order valence-electron chi connectivity index (χ0n) is 28.5. The summed E-state index contributed by atoms with van der Waals surface area (Å²) in [6, 6.07) is 2.04. The Kier molecular flexibility index (Phi) is 6.73. The SMILES string of the molecule is CC1(C)C2=C(CCCC2)C2CC=C(N3C4=CCC(C5=CC6C7=CCCCC7N(C7C=CC=CC7)C6C=C5)C=C4C4C=CC=CC43)CC21. The van der Waals surface area contributed by atoms with E-state index < -0.39 is 0 Å². The molecular weight excluding hydrogens is 569 g/mol. The van der Waals surface area contributed by atoms with Crippen LogP contribution in [0.4, 0.5) is 0 Å². The number of nitrogens with zero attached hydrogens (tertiary/aromatic N) is 2. The molecule has 0 amide bonds. The molecule has 2 aliphatic heterocycles. The van der Waals surface area contributed by atoms with Crippen LogP contribution in [-0.4, -0.2) is 34.0 Å². The summed E-state index contributed by atoms with van der Waals surface area (Å²) in [7, 11) is 0. The van der Waals surface area contributed by atoms with Crippen LogP contribution in [-0.2, 0) is 0 Å². The van der Waals surface area contributed by atoms with Crippen molar-refractivity contribution in [1.29, 1.82) is 0 Å². The second-order valence-electron chi connectivity index (χ2n) is 16.7. The summed E-state index contributed by atoms with van der Waals surface area (Å²) in [5, 5.41) is 0. The first-order chi connectivity index (χ1) is 23.1. The minimum Gasteiger partial charge on any atom is -0.338 e. The molecule has 2 heteroatoms. The Hall–Kier alpha value is -3.10. The lowest BCUT2D eigenvalue weighted by atomic mass is 9.69. The fraction of sp³-hybridized carbons (Fsp3) is 0.511. The van der Waals surface area contributed by atoms with Crippen LogP contribution >= 0.6 is 0 Å². The maximum absolute atomic E-state index is 2.87. The average molecular weight is 621 g/mol. The number of hydrogen-bond donors (Lipinski definition) is 0. The van der Waals surface area contributed by atoms with Gasteiger partial charge in [-0.2, -0.15) is 0 Å². The van der Waals surface area contributed by atoms with Crippen LogP contribution in [0, 0.1) is 35.0 Å². The largest absolute Gasteiger partial charge is 0.338 e. The molecule has 0 saturated carbocycles. The fourth-order valence-corrected chi connectivity index (χ4v) is 12.2. The predicted octanol–water partition coefficient (Wildman–Crippen LogP) is 10.2. The maximum Gasteiger partial charge on any atom is 0.0626 e. The molecule has 8 aliphatic carbocycles. The molecule has 0 aromatic carbocycles. The van der Waals surface area contributed by atoms with E-state index in [1.165, 1.54) is 63.5 Å². The van der Waals surface area contributed by atoms with Crippen molar-refractivity contribution in [3.8, 4) is 0 Å². The lowest BCUT2D eigenvalue weighted by molar-refractivity contribution is 0.168. The van der Waals surface area contributed by atoms with Gasteiger partial charge in [0.1, 0.15) is 0 Å². The van der Waals surface area contributed by atoms with Crippen molar-refractivity contribution in [2.75, 3.05) is 0 Å². The third-order valence-corrected chi connectivity index (χ3v) is 14.3. The van der Waals surface area contributed by atoms with E-state index in [2.05, 4.69) is 115 Å². The minimum absolute atomic E-state index is 0.344. The molecule has 9 atom stereocenters. The zero-order valence-corrected chi connectivity index (χ0v) is 28.5. The molecule has 2 nitrogen and oxygen atoms in total. The van der Waals surface area contributed by atoms with Crippen LogP contribution in [0.5, 0.6) is 0 Å². The summed E-state index contributed by atoms with van der Waals surface area (Å²) in [5.41, 5.74) is 12.0. The van der Waals surface area contributed by atoms with Gasteiger partial charge in [0, 0.05) is 47.3 Å². The van der Waals surface area contributed by atoms with Crippen LogP contribution < -0.4 is 0 Å². The third kappa shape index (κ3) is 4.32. The summed E-state index contributed by atoms with van der Waals surface area (Å²) in [5.74, 6) is 2.99. The summed E-state index contributed by atoms with van der Waals surface area (Å²) < 4.78 is 0. The molecule has 2 heterocycles. The van der Waals surface area contributed by atoms with Crippen molar-refractivity contribution in [2.45, 2.75) is 109 Å². The first-order valence-corrected chi connectivity index (χ1v) is 19.3. The number of hydrogen-bond acceptors (Lipinski definition) is 2. The molecule has 242 valence electrons. The highest BCUT2D eigenvalue weighted by Gasteiger charge is 2.52. The Morgan fingerprint density at radius 2 is 1.68 bits per heavy atom. The third-order valence-electron chi connectivity index (χ3n) is 14.3. The number of allylic oxidation sites excluding steroid dienone is 14. The molecule has 10 rings (SSSR count). The van der Waals surface area contributed by atoms with Crippen LogP contribution in [0.2, 0.25) is 0 Å². The minimum atomic E-state index is 0.344. The molecule has 0 spiro atoms. The van der Waals surface area contributed by atoms with Crippen LogP contribution in [0.15, 0.2) is 130 Å². The molecule has 10 aliphatic rings. The second-order valence-corrected chi connectivity index (χ2v) is 16.7. The van der Waals surface area contributed by atoms with Crippen LogP contribution in [0.3, 0.4) is 0 Å². The Morgan fingerprint density at radius 3 is 2.60 bits per heavy atom. The van der Waals surface area contributed by atoms with Crippen molar-refractivity contribution in [3.05, 3.63) is 130 Å². The normalized spacial score (nSPS) is 40.9. The first kappa shape index (κ1) is 28.9. The highest BCUT2D eigenvalue weighted by Crippen LogP contribution is 2.61. The molecule has 0 aromatic rings. The van der Waals surface area contributed by atoms with E-state index in [9.17, 15) is 0 Å². The van der Waals surface area contributed by atoms with Crippen molar-refractivity contribution < 1.29 is 0 Å². The molecular formula is C45H52N2. The quantitative estimate of drug-likeness (QED) is 0.290. The summed E-state index contributed by atoms with van der Waals surface area (Å²) >= 11 is 0. The molecule has 0 radical (unpaired) electrons. The lowest BCUT2D eigenvalue weighted by Crippen LogP contribution is -2.44. The first-order valence-electron chi connectivity index (χ1n) is 19.3. The van der Waals surface area contributed by atoms with Gasteiger partial charge in [-0.3, -0.25) is 4.90 Å². The summed E-state index contributed by atoms with van der Waals surface area (Å²) in [6.45, 7) is 5.17. The van der Waals surface area contributed by atoms with Crippen molar-refractivity contribution >= 4 is 0 Å². The highest BCUT2D eigenvalue weighted by molar-refractivity contribution is 5.53. The van der Waals surface area contributed by atoms with E-state index in [1.54, 1.807) is 22.4 Å². The average Bonchev–Trinajstić information content (AvgIpc) is 3.71. The molecule has 2 saturated heterocycles. The Balaban J connectivity index is 0.943. The lowest BCUT2D eigenvalue weighted by Gasteiger charge is -2.41. The van der Waals surface area contributed by atoms with E-state index in [0.717, 1.165) is 24.7 Å². The van der Waals surface area contributed by atoms with Gasteiger partial charge in [0.25, 0.3) is 0 Å². The molecule has 0 bridgehead atoms. The van der Waals surface area contributed by atoms with Crippen molar-refractivity contribution in [3.63, 3.8) is 0 Å². The van der Waals surface area contributed by atoms with Gasteiger partial charge in [0.15, 0.2) is 0 Å². The van der Waals surface area contributed by atoms with Gasteiger partial charge in [0.05, 0.1) is 6.04 Å². The monoisotopic (exact) mass is 620 g/mol. The topological polar surface area (TPSA) is 6.48 Å². The van der Waals surface area contributed by atoms with Gasteiger partial charge in [-0.05, 0) is 105 Å². The summed E-state index contributed by atoms with van der Waals surface area (Å²) in [6.07, 6.45) is 51.5. The van der Waals surface area contributed by atoms with Gasteiger partial charge < -0.3 is 4.90 Å². The molecule has 9 unspecified atom stereocenters. The van der Waals surface area contributed by atoms with E-state index in [-0.39, 0.29) is 0 Å².